The molecule has 2 heterocycles. The lowest BCUT2D eigenvalue weighted by molar-refractivity contribution is 0.0994. The van der Waals surface area contributed by atoms with E-state index in [2.05, 4.69) is 5.32 Å². The molecule has 3 rings (SSSR count). The molecule has 5 nitrogen and oxygen atoms in total. The Kier molecular flexibility index (Phi) is 4.10. The van der Waals surface area contributed by atoms with Gasteiger partial charge in [0.2, 0.25) is 0 Å². The number of aromatic nitrogens is 1. The summed E-state index contributed by atoms with van der Waals surface area (Å²) in [6.07, 6.45) is 1.68. The molecule has 2 aromatic heterocycles. The Morgan fingerprint density at radius 1 is 1.09 bits per heavy atom. The first-order chi connectivity index (χ1) is 11.1. The predicted molar refractivity (Wildman–Crippen MR) is 87.6 cm³/mol. The molecule has 0 unspecified atom stereocenters. The number of anilines is 1. The number of furan rings is 1. The number of carbonyl (C=O) groups is 1. The summed E-state index contributed by atoms with van der Waals surface area (Å²) < 4.78 is 7.04. The largest absolute Gasteiger partial charge is 0.454 e. The van der Waals surface area contributed by atoms with E-state index in [0.29, 0.717) is 11.4 Å². The van der Waals surface area contributed by atoms with Crippen LogP contribution in [0.5, 0.6) is 0 Å². The van der Waals surface area contributed by atoms with Crippen molar-refractivity contribution in [2.75, 3.05) is 5.32 Å². The van der Waals surface area contributed by atoms with E-state index in [1.54, 1.807) is 30.5 Å². The Balaban J connectivity index is 1.71. The van der Waals surface area contributed by atoms with Crippen molar-refractivity contribution in [3.05, 3.63) is 88.2 Å². The molecule has 0 spiro atoms. The molecule has 1 amide bonds. The lowest BCUT2D eigenvalue weighted by Gasteiger charge is -2.04. The average Bonchev–Trinajstić information content (AvgIpc) is 3.01. The Labute approximate surface area is 133 Å². The predicted octanol–water partition coefficient (Wildman–Crippen LogP) is 3.05. The van der Waals surface area contributed by atoms with Crippen molar-refractivity contribution in [3.8, 4) is 0 Å². The highest BCUT2D eigenvalue weighted by atomic mass is 16.4. The standard InChI is InChI=1S/C18H16N2O3/c1-13-5-7-14(8-6-13)19-18(22)16-10-9-15(23-16)12-20-11-3-2-4-17(20)21/h2-11H,12H2,1H3,(H,19,22). The summed E-state index contributed by atoms with van der Waals surface area (Å²) in [5.74, 6) is 0.442. The fraction of sp³-hybridized carbons (Fsp3) is 0.111. The number of carbonyl (C=O) groups excluding carboxylic acids is 1. The monoisotopic (exact) mass is 308 g/mol. The van der Waals surface area contributed by atoms with Gasteiger partial charge in [0.15, 0.2) is 5.76 Å². The zero-order chi connectivity index (χ0) is 16.2. The Morgan fingerprint density at radius 2 is 1.87 bits per heavy atom. The van der Waals surface area contributed by atoms with Gasteiger partial charge >= 0.3 is 0 Å². The van der Waals surface area contributed by atoms with E-state index in [1.807, 2.05) is 31.2 Å². The van der Waals surface area contributed by atoms with Crippen molar-refractivity contribution >= 4 is 11.6 Å². The molecule has 1 N–H and O–H groups in total. The number of nitrogens with one attached hydrogen (secondary N) is 1. The molecule has 3 aromatic rings. The SMILES string of the molecule is Cc1ccc(NC(=O)c2ccc(Cn3ccccc3=O)o2)cc1. The van der Waals surface area contributed by atoms with Gasteiger partial charge in [0.25, 0.3) is 11.5 Å². The Bertz CT molecular complexity index is 876. The minimum atomic E-state index is -0.319. The zero-order valence-corrected chi connectivity index (χ0v) is 12.7. The molecule has 0 saturated heterocycles. The van der Waals surface area contributed by atoms with Crippen LogP contribution in [0, 0.1) is 6.92 Å². The van der Waals surface area contributed by atoms with E-state index >= 15 is 0 Å². The smallest absolute Gasteiger partial charge is 0.291 e. The summed E-state index contributed by atoms with van der Waals surface area (Å²) in [4.78, 5) is 23.8. The van der Waals surface area contributed by atoms with Crippen LogP contribution in [0.3, 0.4) is 0 Å². The molecule has 23 heavy (non-hydrogen) atoms. The molecule has 0 radical (unpaired) electrons. The molecule has 0 atom stereocenters. The molecule has 0 aliphatic rings. The van der Waals surface area contributed by atoms with Crippen LogP contribution in [0.2, 0.25) is 0 Å². The highest BCUT2D eigenvalue weighted by molar-refractivity contribution is 6.02. The topological polar surface area (TPSA) is 64.2 Å². The van der Waals surface area contributed by atoms with Crippen LogP contribution in [0.4, 0.5) is 5.69 Å². The minimum absolute atomic E-state index is 0.116. The number of pyridine rings is 1. The van der Waals surface area contributed by atoms with E-state index in [-0.39, 0.29) is 23.8 Å². The van der Waals surface area contributed by atoms with Crippen molar-refractivity contribution in [2.45, 2.75) is 13.5 Å². The second kappa shape index (κ2) is 6.36. The van der Waals surface area contributed by atoms with Crippen LogP contribution in [0.15, 0.2) is 70.0 Å². The molecule has 0 aliphatic heterocycles. The Morgan fingerprint density at radius 3 is 2.61 bits per heavy atom. The van der Waals surface area contributed by atoms with Crippen LogP contribution in [0.25, 0.3) is 0 Å². The first kappa shape index (κ1) is 14.8. The molecule has 0 aliphatic carbocycles. The molecule has 0 fully saturated rings. The summed E-state index contributed by atoms with van der Waals surface area (Å²) in [5, 5.41) is 2.77. The minimum Gasteiger partial charge on any atom is -0.454 e. The maximum atomic E-state index is 12.2. The first-order valence-corrected chi connectivity index (χ1v) is 7.24. The van der Waals surface area contributed by atoms with Crippen LogP contribution in [0.1, 0.15) is 21.9 Å². The second-order valence-corrected chi connectivity index (χ2v) is 5.25. The average molecular weight is 308 g/mol. The van der Waals surface area contributed by atoms with Gasteiger partial charge in [-0.15, -0.1) is 0 Å². The highest BCUT2D eigenvalue weighted by Gasteiger charge is 2.12. The number of amides is 1. The summed E-state index contributed by atoms with van der Waals surface area (Å²) in [6.45, 7) is 2.27. The zero-order valence-electron chi connectivity index (χ0n) is 12.7. The molecule has 116 valence electrons. The fourth-order valence-electron chi connectivity index (χ4n) is 2.17. The van der Waals surface area contributed by atoms with Gasteiger partial charge in [-0.2, -0.15) is 0 Å². The number of aryl methyl sites for hydroxylation is 1. The number of nitrogens with zero attached hydrogens (tertiary/aromatic N) is 1. The summed E-state index contributed by atoms with van der Waals surface area (Å²) >= 11 is 0. The number of hydrogen-bond donors (Lipinski definition) is 1. The van der Waals surface area contributed by atoms with E-state index < -0.39 is 0 Å². The molecular formula is C18H16N2O3. The molecule has 1 aromatic carbocycles. The van der Waals surface area contributed by atoms with Crippen LogP contribution in [-0.4, -0.2) is 10.5 Å². The van der Waals surface area contributed by atoms with Crippen LogP contribution >= 0.6 is 0 Å². The van der Waals surface area contributed by atoms with Gasteiger partial charge in [-0.1, -0.05) is 23.8 Å². The number of benzene rings is 1. The molecule has 5 heteroatoms. The van der Waals surface area contributed by atoms with Gasteiger partial charge in [-0.05, 0) is 37.3 Å². The number of hydrogen-bond acceptors (Lipinski definition) is 3. The van der Waals surface area contributed by atoms with E-state index in [1.165, 1.54) is 10.6 Å². The lowest BCUT2D eigenvalue weighted by atomic mass is 10.2. The van der Waals surface area contributed by atoms with Gasteiger partial charge in [0.05, 0.1) is 6.54 Å². The molecule has 0 saturated carbocycles. The highest BCUT2D eigenvalue weighted by Crippen LogP contribution is 2.13. The van der Waals surface area contributed by atoms with Crippen LogP contribution in [-0.2, 0) is 6.54 Å². The summed E-state index contributed by atoms with van der Waals surface area (Å²) in [6, 6.07) is 15.7. The van der Waals surface area contributed by atoms with Gasteiger partial charge in [-0.25, -0.2) is 0 Å². The van der Waals surface area contributed by atoms with Crippen molar-refractivity contribution < 1.29 is 9.21 Å². The number of rotatable bonds is 4. The Hall–Kier alpha value is -3.08. The maximum Gasteiger partial charge on any atom is 0.291 e. The first-order valence-electron chi connectivity index (χ1n) is 7.24. The van der Waals surface area contributed by atoms with E-state index in [0.717, 1.165) is 5.56 Å². The van der Waals surface area contributed by atoms with E-state index in [9.17, 15) is 9.59 Å². The maximum absolute atomic E-state index is 12.2. The van der Waals surface area contributed by atoms with Crippen LogP contribution < -0.4 is 10.9 Å². The van der Waals surface area contributed by atoms with E-state index in [4.69, 9.17) is 4.42 Å². The second-order valence-electron chi connectivity index (χ2n) is 5.25. The van der Waals surface area contributed by atoms with Crippen molar-refractivity contribution in [1.29, 1.82) is 0 Å². The van der Waals surface area contributed by atoms with Gasteiger partial charge in [0, 0.05) is 18.0 Å². The van der Waals surface area contributed by atoms with Crippen molar-refractivity contribution in [1.82, 2.24) is 4.57 Å². The lowest BCUT2D eigenvalue weighted by Crippen LogP contribution is -2.18. The third kappa shape index (κ3) is 3.58. The van der Waals surface area contributed by atoms with Crippen molar-refractivity contribution in [2.24, 2.45) is 0 Å². The van der Waals surface area contributed by atoms with Gasteiger partial charge in [-0.3, -0.25) is 9.59 Å². The summed E-state index contributed by atoms with van der Waals surface area (Å²) in [7, 11) is 0. The third-order valence-corrected chi connectivity index (χ3v) is 3.42. The fourth-order valence-corrected chi connectivity index (χ4v) is 2.17. The third-order valence-electron chi connectivity index (χ3n) is 3.42. The quantitative estimate of drug-likeness (QED) is 0.805. The van der Waals surface area contributed by atoms with Gasteiger partial charge in [0.1, 0.15) is 5.76 Å². The van der Waals surface area contributed by atoms with Crippen molar-refractivity contribution in [3.63, 3.8) is 0 Å². The molecule has 0 bridgehead atoms. The van der Waals surface area contributed by atoms with Gasteiger partial charge < -0.3 is 14.3 Å². The summed E-state index contributed by atoms with van der Waals surface area (Å²) in [5.41, 5.74) is 1.71. The normalized spacial score (nSPS) is 10.5. The molecular weight excluding hydrogens is 292 g/mol.